The molecule has 1 N–H and O–H groups in total. The topological polar surface area (TPSA) is 70.8 Å². The van der Waals surface area contributed by atoms with Gasteiger partial charge in [0, 0.05) is 43.5 Å². The summed E-state index contributed by atoms with van der Waals surface area (Å²) in [5, 5.41) is 16.8. The molecule has 1 aromatic heterocycles. The normalized spacial score (nSPS) is 25.9. The lowest BCUT2D eigenvalue weighted by molar-refractivity contribution is -0.158. The molecule has 3 heterocycles. The summed E-state index contributed by atoms with van der Waals surface area (Å²) < 4.78 is 7.18. The first-order valence-corrected chi connectivity index (χ1v) is 10.1. The lowest BCUT2D eigenvalue weighted by Gasteiger charge is -2.52. The SMILES string of the molecule is CC1(C)CN(C(=O)Cn2ncc3ccccc32)CCC1(O)CN1CCOCC1. The molecule has 0 spiro atoms. The third-order valence-electron chi connectivity index (χ3n) is 6.42. The van der Waals surface area contributed by atoms with E-state index in [9.17, 15) is 9.90 Å². The third kappa shape index (κ3) is 3.66. The van der Waals surface area contributed by atoms with Crippen LogP contribution in [0.15, 0.2) is 30.5 Å². The van der Waals surface area contributed by atoms with Crippen LogP contribution in [-0.2, 0) is 16.1 Å². The van der Waals surface area contributed by atoms with Crippen molar-refractivity contribution in [2.45, 2.75) is 32.4 Å². The Morgan fingerprint density at radius 1 is 1.21 bits per heavy atom. The van der Waals surface area contributed by atoms with Gasteiger partial charge < -0.3 is 14.7 Å². The first kappa shape index (κ1) is 19.4. The van der Waals surface area contributed by atoms with E-state index < -0.39 is 5.60 Å². The van der Waals surface area contributed by atoms with Crippen LogP contribution >= 0.6 is 0 Å². The molecule has 0 saturated carbocycles. The van der Waals surface area contributed by atoms with Crippen LogP contribution in [0.3, 0.4) is 0 Å². The van der Waals surface area contributed by atoms with Crippen molar-refractivity contribution in [3.63, 3.8) is 0 Å². The van der Waals surface area contributed by atoms with Crippen LogP contribution in [0.5, 0.6) is 0 Å². The fourth-order valence-corrected chi connectivity index (χ4v) is 4.38. The molecule has 1 unspecified atom stereocenters. The van der Waals surface area contributed by atoms with Gasteiger partial charge in [-0.1, -0.05) is 32.0 Å². The Hall–Kier alpha value is -1.96. The monoisotopic (exact) mass is 386 g/mol. The molecule has 7 nitrogen and oxygen atoms in total. The van der Waals surface area contributed by atoms with Gasteiger partial charge in [0.1, 0.15) is 6.54 Å². The Kier molecular flexibility index (Phi) is 5.16. The summed E-state index contributed by atoms with van der Waals surface area (Å²) in [6, 6.07) is 7.91. The number of likely N-dealkylation sites (tertiary alicyclic amines) is 1. The van der Waals surface area contributed by atoms with Crippen LogP contribution in [0, 0.1) is 5.41 Å². The molecule has 7 heteroatoms. The highest BCUT2D eigenvalue weighted by Gasteiger charge is 2.49. The molecule has 2 aliphatic rings. The summed E-state index contributed by atoms with van der Waals surface area (Å²) in [6.07, 6.45) is 2.38. The van der Waals surface area contributed by atoms with E-state index in [2.05, 4.69) is 23.8 Å². The Labute approximate surface area is 165 Å². The maximum atomic E-state index is 13.0. The van der Waals surface area contributed by atoms with Gasteiger partial charge >= 0.3 is 0 Å². The van der Waals surface area contributed by atoms with Crippen molar-refractivity contribution in [1.82, 2.24) is 19.6 Å². The number of nitrogens with zero attached hydrogens (tertiary/aromatic N) is 4. The van der Waals surface area contributed by atoms with Gasteiger partial charge in [0.15, 0.2) is 0 Å². The Balaban J connectivity index is 1.42. The molecule has 152 valence electrons. The molecule has 1 atom stereocenters. The highest BCUT2D eigenvalue weighted by Crippen LogP contribution is 2.39. The molecule has 2 fully saturated rings. The lowest BCUT2D eigenvalue weighted by atomic mass is 9.69. The largest absolute Gasteiger partial charge is 0.388 e. The molecular formula is C21H30N4O3. The molecule has 0 radical (unpaired) electrons. The number of rotatable bonds is 4. The minimum Gasteiger partial charge on any atom is -0.388 e. The standard InChI is InChI=1S/C21H30N4O3/c1-20(2)15-24(8-7-21(20,27)16-23-9-11-28-12-10-23)19(26)14-25-18-6-4-3-5-17(18)13-22-25/h3-6,13,27H,7-12,14-16H2,1-2H3. The number of morpholine rings is 1. The minimum absolute atomic E-state index is 0.0513. The summed E-state index contributed by atoms with van der Waals surface area (Å²) in [5.41, 5.74) is -0.221. The minimum atomic E-state index is -0.806. The first-order chi connectivity index (χ1) is 13.4. The number of hydrogen-bond acceptors (Lipinski definition) is 5. The number of hydrogen-bond donors (Lipinski definition) is 1. The van der Waals surface area contributed by atoms with Crippen molar-refractivity contribution in [2.24, 2.45) is 5.41 Å². The maximum absolute atomic E-state index is 13.0. The third-order valence-corrected chi connectivity index (χ3v) is 6.42. The number of carbonyl (C=O) groups is 1. The van der Waals surface area contributed by atoms with Crippen molar-refractivity contribution in [2.75, 3.05) is 45.9 Å². The van der Waals surface area contributed by atoms with Gasteiger partial charge in [0.25, 0.3) is 0 Å². The quantitative estimate of drug-likeness (QED) is 0.859. The molecule has 28 heavy (non-hydrogen) atoms. The van der Waals surface area contributed by atoms with E-state index in [1.165, 1.54) is 0 Å². The van der Waals surface area contributed by atoms with Crippen LogP contribution in [0.2, 0.25) is 0 Å². The average Bonchev–Trinajstić information content (AvgIpc) is 3.08. The van der Waals surface area contributed by atoms with Crippen molar-refractivity contribution in [3.05, 3.63) is 30.5 Å². The molecule has 4 rings (SSSR count). The van der Waals surface area contributed by atoms with Crippen molar-refractivity contribution in [1.29, 1.82) is 0 Å². The number of amides is 1. The summed E-state index contributed by atoms with van der Waals surface area (Å²) in [7, 11) is 0. The van der Waals surface area contributed by atoms with E-state index >= 15 is 0 Å². The average molecular weight is 386 g/mol. The maximum Gasteiger partial charge on any atom is 0.244 e. The molecule has 0 aliphatic carbocycles. The number of aliphatic hydroxyl groups is 1. The Morgan fingerprint density at radius 2 is 1.96 bits per heavy atom. The molecular weight excluding hydrogens is 356 g/mol. The smallest absolute Gasteiger partial charge is 0.244 e. The van der Waals surface area contributed by atoms with Crippen LogP contribution in [0.4, 0.5) is 0 Å². The number of aromatic nitrogens is 2. The highest BCUT2D eigenvalue weighted by molar-refractivity contribution is 5.82. The van der Waals surface area contributed by atoms with Gasteiger partial charge in [-0.05, 0) is 12.5 Å². The lowest BCUT2D eigenvalue weighted by Crippen LogP contribution is -2.63. The van der Waals surface area contributed by atoms with Crippen LogP contribution in [-0.4, -0.2) is 82.1 Å². The fraction of sp³-hybridized carbons (Fsp3) is 0.619. The Bertz CT molecular complexity index is 843. The second-order valence-electron chi connectivity index (χ2n) is 8.73. The van der Waals surface area contributed by atoms with Crippen molar-refractivity contribution < 1.29 is 14.6 Å². The molecule has 0 bridgehead atoms. The molecule has 2 aromatic rings. The number of fused-ring (bicyclic) bond motifs is 1. The zero-order valence-electron chi connectivity index (χ0n) is 16.8. The second-order valence-corrected chi connectivity index (χ2v) is 8.73. The summed E-state index contributed by atoms with van der Waals surface area (Å²) in [4.78, 5) is 17.1. The number of benzene rings is 1. The second kappa shape index (κ2) is 7.46. The predicted molar refractivity (Wildman–Crippen MR) is 107 cm³/mol. The van der Waals surface area contributed by atoms with E-state index in [0.717, 1.165) is 37.2 Å². The van der Waals surface area contributed by atoms with Gasteiger partial charge in [0.2, 0.25) is 5.91 Å². The van der Waals surface area contributed by atoms with Crippen molar-refractivity contribution >= 4 is 16.8 Å². The van der Waals surface area contributed by atoms with Gasteiger partial charge in [-0.15, -0.1) is 0 Å². The number of β-amino-alcohol motifs (C(OH)–C–C–N with tert-alkyl or cyclic N) is 1. The fourth-order valence-electron chi connectivity index (χ4n) is 4.38. The van der Waals surface area contributed by atoms with Crippen LogP contribution in [0.25, 0.3) is 10.9 Å². The van der Waals surface area contributed by atoms with E-state index in [1.54, 1.807) is 10.9 Å². The zero-order chi connectivity index (χ0) is 19.8. The first-order valence-electron chi connectivity index (χ1n) is 10.1. The van der Waals surface area contributed by atoms with Gasteiger partial charge in [-0.3, -0.25) is 14.4 Å². The number of piperidine rings is 1. The molecule has 1 aromatic carbocycles. The summed E-state index contributed by atoms with van der Waals surface area (Å²) >= 11 is 0. The van der Waals surface area contributed by atoms with E-state index in [0.29, 0.717) is 26.1 Å². The van der Waals surface area contributed by atoms with E-state index in [4.69, 9.17) is 4.74 Å². The van der Waals surface area contributed by atoms with Crippen LogP contribution < -0.4 is 0 Å². The Morgan fingerprint density at radius 3 is 2.71 bits per heavy atom. The summed E-state index contributed by atoms with van der Waals surface area (Å²) in [5.74, 6) is 0.0513. The number of carbonyl (C=O) groups excluding carboxylic acids is 1. The zero-order valence-corrected chi connectivity index (χ0v) is 16.8. The number of para-hydroxylation sites is 1. The predicted octanol–water partition coefficient (Wildman–Crippen LogP) is 1.36. The number of ether oxygens (including phenoxy) is 1. The van der Waals surface area contributed by atoms with E-state index in [-0.39, 0.29) is 17.9 Å². The van der Waals surface area contributed by atoms with Crippen LogP contribution in [0.1, 0.15) is 20.3 Å². The van der Waals surface area contributed by atoms with E-state index in [1.807, 2.05) is 29.2 Å². The van der Waals surface area contributed by atoms with Gasteiger partial charge in [-0.25, -0.2) is 0 Å². The van der Waals surface area contributed by atoms with Gasteiger partial charge in [0.05, 0.1) is 30.5 Å². The molecule has 2 aliphatic heterocycles. The molecule has 2 saturated heterocycles. The molecule has 1 amide bonds. The van der Waals surface area contributed by atoms with Gasteiger partial charge in [-0.2, -0.15) is 5.10 Å². The summed E-state index contributed by atoms with van der Waals surface area (Å²) in [6.45, 7) is 9.26. The van der Waals surface area contributed by atoms with Crippen molar-refractivity contribution in [3.8, 4) is 0 Å². The highest BCUT2D eigenvalue weighted by atomic mass is 16.5.